The lowest BCUT2D eigenvalue weighted by Gasteiger charge is -2.19. The summed E-state index contributed by atoms with van der Waals surface area (Å²) in [5.74, 6) is 1.15. The van der Waals surface area contributed by atoms with Gasteiger partial charge in [-0.15, -0.1) is 0 Å². The minimum absolute atomic E-state index is 0.157. The first-order chi connectivity index (χ1) is 16.0. The second-order valence-electron chi connectivity index (χ2n) is 8.51. The number of carbonyl (C=O) groups excluding carboxylic acids is 1. The number of rotatable bonds is 7. The number of hydrogen-bond acceptors (Lipinski definition) is 5. The molecule has 0 N–H and O–H groups in total. The van der Waals surface area contributed by atoms with Crippen molar-refractivity contribution in [1.82, 2.24) is 4.57 Å². The van der Waals surface area contributed by atoms with Crippen LogP contribution in [-0.4, -0.2) is 17.6 Å². The van der Waals surface area contributed by atoms with Crippen LogP contribution in [0, 0.1) is 29.2 Å². The Hall–Kier alpha value is -2.88. The first-order valence-corrected chi connectivity index (χ1v) is 11.8. The van der Waals surface area contributed by atoms with Gasteiger partial charge < -0.3 is 18.8 Å². The topological polar surface area (TPSA) is 66.8 Å². The highest BCUT2D eigenvalue weighted by Gasteiger charge is 2.21. The molecule has 0 amide bonds. The maximum atomic E-state index is 13.8. The van der Waals surface area contributed by atoms with Crippen molar-refractivity contribution in [3.63, 3.8) is 0 Å². The molecule has 0 unspecified atom stereocenters. The third kappa shape index (κ3) is 5.60. The molecule has 3 rings (SSSR count). The normalized spacial score (nSPS) is 11.0. The molecule has 0 aliphatic heterocycles. The van der Waals surface area contributed by atoms with E-state index in [4.69, 9.17) is 14.2 Å². The van der Waals surface area contributed by atoms with E-state index >= 15 is 0 Å². The van der Waals surface area contributed by atoms with Crippen molar-refractivity contribution in [2.45, 2.75) is 34.1 Å². The smallest absolute Gasteiger partial charge is 0.311 e. The summed E-state index contributed by atoms with van der Waals surface area (Å²) < 4.78 is 33.1. The predicted molar refractivity (Wildman–Crippen MR) is 137 cm³/mol. The van der Waals surface area contributed by atoms with Gasteiger partial charge in [0, 0.05) is 30.8 Å². The van der Waals surface area contributed by atoms with Gasteiger partial charge in [-0.05, 0) is 83.8 Å². The number of ether oxygens (including phenoxy) is 3. The Labute approximate surface area is 211 Å². The lowest BCUT2D eigenvalue weighted by atomic mass is 10.0. The average molecular weight is 579 g/mol. The number of carbonyl (C=O) groups is 1. The van der Waals surface area contributed by atoms with Crippen molar-refractivity contribution in [2.75, 3.05) is 7.11 Å². The van der Waals surface area contributed by atoms with Gasteiger partial charge in [0.15, 0.2) is 0 Å². The second kappa shape index (κ2) is 10.6. The average Bonchev–Trinajstić information content (AvgIpc) is 2.74. The van der Waals surface area contributed by atoms with Crippen LogP contribution in [0.1, 0.15) is 31.4 Å². The Morgan fingerprint density at radius 1 is 1.09 bits per heavy atom. The largest absolute Gasteiger partial charge is 0.495 e. The number of benzene rings is 2. The highest BCUT2D eigenvalue weighted by Crippen LogP contribution is 2.42. The van der Waals surface area contributed by atoms with Gasteiger partial charge in [-0.3, -0.25) is 9.59 Å². The molecule has 1 heterocycles. The molecular weight excluding hydrogens is 552 g/mol. The lowest BCUT2D eigenvalue weighted by Crippen LogP contribution is -2.20. The van der Waals surface area contributed by atoms with Crippen molar-refractivity contribution in [3.8, 4) is 34.1 Å². The molecule has 0 aliphatic rings. The molecule has 0 atom stereocenters. The molecule has 0 spiro atoms. The fourth-order valence-corrected chi connectivity index (χ4v) is 4.51. The van der Waals surface area contributed by atoms with Crippen molar-refractivity contribution in [2.24, 2.45) is 13.0 Å². The molecule has 34 heavy (non-hydrogen) atoms. The minimum Gasteiger partial charge on any atom is -0.495 e. The summed E-state index contributed by atoms with van der Waals surface area (Å²) in [5, 5.41) is 0. The molecule has 0 bridgehead atoms. The number of aromatic nitrogens is 1. The van der Waals surface area contributed by atoms with Crippen LogP contribution >= 0.6 is 22.6 Å². The summed E-state index contributed by atoms with van der Waals surface area (Å²) >= 11 is 1.95. The number of pyridine rings is 1. The molecule has 0 saturated carbocycles. The fraction of sp³-hybridized carbons (Fsp3) is 0.308. The molecule has 2 aromatic carbocycles. The van der Waals surface area contributed by atoms with Gasteiger partial charge in [-0.25, -0.2) is 4.39 Å². The molecule has 0 fully saturated rings. The van der Waals surface area contributed by atoms with E-state index in [-0.39, 0.29) is 29.7 Å². The zero-order valence-corrected chi connectivity index (χ0v) is 22.2. The molecule has 0 saturated heterocycles. The van der Waals surface area contributed by atoms with Crippen LogP contribution in [0.2, 0.25) is 0 Å². The van der Waals surface area contributed by atoms with Crippen LogP contribution in [0.4, 0.5) is 4.39 Å². The Morgan fingerprint density at radius 3 is 2.32 bits per heavy atom. The Morgan fingerprint density at radius 2 is 1.74 bits per heavy atom. The number of methoxy groups -OCH3 is 1. The zero-order chi connectivity index (χ0) is 25.2. The Bertz CT molecular complexity index is 1280. The van der Waals surface area contributed by atoms with E-state index in [0.29, 0.717) is 48.8 Å². The summed E-state index contributed by atoms with van der Waals surface area (Å²) in [6.07, 6.45) is 1.93. The first kappa shape index (κ1) is 25.7. The van der Waals surface area contributed by atoms with Crippen LogP contribution in [-0.2, 0) is 11.8 Å². The number of halogens is 2. The van der Waals surface area contributed by atoms with Crippen LogP contribution in [0.25, 0.3) is 11.1 Å². The van der Waals surface area contributed by atoms with Crippen LogP contribution in [0.3, 0.4) is 0 Å². The van der Waals surface area contributed by atoms with Crippen LogP contribution < -0.4 is 19.8 Å². The van der Waals surface area contributed by atoms with E-state index < -0.39 is 0 Å². The maximum Gasteiger partial charge on any atom is 0.311 e. The summed E-state index contributed by atoms with van der Waals surface area (Å²) in [6.45, 7) is 7.41. The van der Waals surface area contributed by atoms with Crippen molar-refractivity contribution in [1.29, 1.82) is 0 Å². The SMILES string of the molecule is COc1c(-c2cc(OC(=O)CC(C)C)ccc2Oc2c(C)cc(F)cc2C)cn(C)c(=O)c1I. The number of nitrogens with zero attached hydrogens (tertiary/aromatic N) is 1. The summed E-state index contributed by atoms with van der Waals surface area (Å²) in [7, 11) is 3.14. The molecule has 3 aromatic rings. The molecule has 180 valence electrons. The molecule has 0 radical (unpaired) electrons. The van der Waals surface area contributed by atoms with Crippen molar-refractivity contribution in [3.05, 3.63) is 67.4 Å². The van der Waals surface area contributed by atoms with Gasteiger partial charge in [0.1, 0.15) is 32.4 Å². The van der Waals surface area contributed by atoms with E-state index in [2.05, 4.69) is 0 Å². The fourth-order valence-electron chi connectivity index (χ4n) is 3.62. The van der Waals surface area contributed by atoms with Crippen molar-refractivity contribution >= 4 is 28.6 Å². The molecule has 6 nitrogen and oxygen atoms in total. The van der Waals surface area contributed by atoms with Crippen LogP contribution in [0.5, 0.6) is 23.0 Å². The van der Waals surface area contributed by atoms with Crippen molar-refractivity contribution < 1.29 is 23.4 Å². The molecular formula is C26H27FINO5. The number of esters is 1. The summed E-state index contributed by atoms with van der Waals surface area (Å²) in [4.78, 5) is 24.8. The molecule has 0 aliphatic carbocycles. The lowest BCUT2D eigenvalue weighted by molar-refractivity contribution is -0.135. The zero-order valence-electron chi connectivity index (χ0n) is 20.0. The third-order valence-corrected chi connectivity index (χ3v) is 6.12. The third-order valence-electron chi connectivity index (χ3n) is 5.16. The monoisotopic (exact) mass is 579 g/mol. The summed E-state index contributed by atoms with van der Waals surface area (Å²) in [6, 6.07) is 7.82. The maximum absolute atomic E-state index is 13.8. The van der Waals surface area contributed by atoms with Gasteiger partial charge in [0.2, 0.25) is 0 Å². The van der Waals surface area contributed by atoms with Gasteiger partial charge in [0.05, 0.1) is 7.11 Å². The predicted octanol–water partition coefficient (Wildman–Crippen LogP) is 6.17. The van der Waals surface area contributed by atoms with Gasteiger partial charge in [-0.2, -0.15) is 0 Å². The summed E-state index contributed by atoms with van der Waals surface area (Å²) in [5.41, 5.74) is 2.22. The number of aryl methyl sites for hydroxylation is 3. The molecule has 8 heteroatoms. The van der Waals surface area contributed by atoms with E-state index in [0.717, 1.165) is 0 Å². The second-order valence-corrected chi connectivity index (χ2v) is 9.59. The quantitative estimate of drug-likeness (QED) is 0.191. The molecule has 1 aromatic heterocycles. The van der Waals surface area contributed by atoms with E-state index in [1.54, 1.807) is 45.3 Å². The highest BCUT2D eigenvalue weighted by molar-refractivity contribution is 14.1. The highest BCUT2D eigenvalue weighted by atomic mass is 127. The van der Waals surface area contributed by atoms with Gasteiger partial charge in [0.25, 0.3) is 5.56 Å². The standard InChI is InChI=1S/C26H27FINO5/c1-14(2)9-22(30)33-18-7-8-21(34-24-15(3)10-17(27)11-16(24)4)19(12-18)20-13-29(5)26(31)23(28)25(20)32-6/h7-8,10-14H,9H2,1-6H3. The Kier molecular flexibility index (Phi) is 8.01. The van der Waals surface area contributed by atoms with E-state index in [1.807, 2.05) is 36.4 Å². The van der Waals surface area contributed by atoms with Gasteiger partial charge >= 0.3 is 5.97 Å². The first-order valence-electron chi connectivity index (χ1n) is 10.7. The van der Waals surface area contributed by atoms with E-state index in [9.17, 15) is 14.0 Å². The number of hydrogen-bond donors (Lipinski definition) is 0. The van der Waals surface area contributed by atoms with Crippen LogP contribution in [0.15, 0.2) is 41.3 Å². The Balaban J connectivity index is 2.20. The van der Waals surface area contributed by atoms with Gasteiger partial charge in [-0.1, -0.05) is 13.8 Å². The van der Waals surface area contributed by atoms with E-state index in [1.165, 1.54) is 23.8 Å². The minimum atomic E-state index is -0.346.